The lowest BCUT2D eigenvalue weighted by Gasteiger charge is -2.33. The number of piperidine rings is 1. The molecule has 2 aliphatic rings. The van der Waals surface area contributed by atoms with Gasteiger partial charge in [-0.25, -0.2) is 19.1 Å². The first kappa shape index (κ1) is 17.6. The zero-order chi connectivity index (χ0) is 18.8. The Morgan fingerprint density at radius 3 is 2.85 bits per heavy atom. The molecular weight excluding hydrogens is 353 g/mol. The summed E-state index contributed by atoms with van der Waals surface area (Å²) in [4.78, 5) is 26.2. The van der Waals surface area contributed by atoms with E-state index in [0.29, 0.717) is 38.3 Å². The molecule has 1 saturated heterocycles. The Kier molecular flexibility index (Phi) is 4.83. The fourth-order valence-electron chi connectivity index (χ4n) is 3.80. The number of urea groups is 1. The number of hydrogen-bond acceptors (Lipinski definition) is 4. The van der Waals surface area contributed by atoms with Gasteiger partial charge in [0.05, 0.1) is 12.6 Å². The number of rotatable bonds is 2. The first-order chi connectivity index (χ1) is 13.1. The van der Waals surface area contributed by atoms with Gasteiger partial charge in [-0.05, 0) is 31.7 Å². The Hall–Kier alpha value is -2.84. The van der Waals surface area contributed by atoms with Gasteiger partial charge in [-0.15, -0.1) is 0 Å². The topological polar surface area (TPSA) is 92.2 Å². The number of ether oxygens (including phenoxy) is 1. The fourth-order valence-corrected chi connectivity index (χ4v) is 3.80. The molecule has 0 aliphatic carbocycles. The van der Waals surface area contributed by atoms with E-state index in [1.165, 1.54) is 18.5 Å². The van der Waals surface area contributed by atoms with Gasteiger partial charge in [-0.1, -0.05) is 6.07 Å². The molecule has 9 heteroatoms. The molecular formula is C18H22FN5O3. The maximum Gasteiger partial charge on any atom is 0.343 e. The number of aromatic amines is 1. The smallest absolute Gasteiger partial charge is 0.343 e. The molecule has 8 nitrogen and oxygen atoms in total. The minimum absolute atomic E-state index is 0.0512. The maximum atomic E-state index is 13.5. The van der Waals surface area contributed by atoms with Gasteiger partial charge in [0, 0.05) is 30.8 Å². The van der Waals surface area contributed by atoms with Crippen LogP contribution in [0.15, 0.2) is 29.3 Å². The minimum atomic E-state index is -0.350. The van der Waals surface area contributed by atoms with E-state index in [1.807, 2.05) is 0 Å². The quantitative estimate of drug-likeness (QED) is 0.839. The van der Waals surface area contributed by atoms with E-state index in [0.717, 1.165) is 18.4 Å². The summed E-state index contributed by atoms with van der Waals surface area (Å²) in [7, 11) is 0. The highest BCUT2D eigenvalue weighted by molar-refractivity contribution is 5.75. The lowest BCUT2D eigenvalue weighted by Crippen LogP contribution is -2.46. The molecule has 0 radical (unpaired) electrons. The van der Waals surface area contributed by atoms with Crippen LogP contribution in [0.25, 0.3) is 0 Å². The maximum absolute atomic E-state index is 13.5. The van der Waals surface area contributed by atoms with Crippen molar-refractivity contribution in [3.05, 3.63) is 46.4 Å². The first-order valence-corrected chi connectivity index (χ1v) is 9.21. The van der Waals surface area contributed by atoms with Gasteiger partial charge in [0.1, 0.15) is 17.9 Å². The lowest BCUT2D eigenvalue weighted by molar-refractivity contribution is 0.167. The average Bonchev–Trinajstić information content (AvgIpc) is 3.00. The summed E-state index contributed by atoms with van der Waals surface area (Å²) < 4.78 is 20.7. The predicted molar refractivity (Wildman–Crippen MR) is 95.1 cm³/mol. The number of halogens is 1. The highest BCUT2D eigenvalue weighted by Gasteiger charge is 2.28. The summed E-state index contributed by atoms with van der Waals surface area (Å²) in [6.45, 7) is 1.63. The monoisotopic (exact) mass is 375 g/mol. The van der Waals surface area contributed by atoms with Crippen LogP contribution in [0.3, 0.4) is 0 Å². The van der Waals surface area contributed by atoms with Crippen LogP contribution >= 0.6 is 0 Å². The summed E-state index contributed by atoms with van der Waals surface area (Å²) in [5.74, 6) is 0.146. The highest BCUT2D eigenvalue weighted by Crippen LogP contribution is 2.32. The van der Waals surface area contributed by atoms with Crippen molar-refractivity contribution in [2.75, 3.05) is 19.7 Å². The summed E-state index contributed by atoms with van der Waals surface area (Å²) >= 11 is 0. The van der Waals surface area contributed by atoms with Crippen molar-refractivity contribution < 1.29 is 13.9 Å². The number of aromatic nitrogens is 3. The van der Waals surface area contributed by atoms with Crippen LogP contribution in [0.1, 0.15) is 43.3 Å². The Balaban J connectivity index is 1.40. The molecule has 0 spiro atoms. The summed E-state index contributed by atoms with van der Waals surface area (Å²) in [6.07, 6.45) is 4.42. The van der Waals surface area contributed by atoms with Crippen molar-refractivity contribution in [3.63, 3.8) is 0 Å². The van der Waals surface area contributed by atoms with E-state index in [9.17, 15) is 14.0 Å². The normalized spacial score (nSPS) is 20.5. The van der Waals surface area contributed by atoms with Gasteiger partial charge in [-0.3, -0.25) is 4.57 Å². The third-order valence-electron chi connectivity index (χ3n) is 5.27. The van der Waals surface area contributed by atoms with Gasteiger partial charge in [0.2, 0.25) is 0 Å². The molecule has 2 N–H and O–H groups in total. The molecule has 1 aromatic heterocycles. The summed E-state index contributed by atoms with van der Waals surface area (Å²) in [5, 5.41) is 9.22. The molecule has 1 fully saturated rings. The van der Waals surface area contributed by atoms with Gasteiger partial charge in [0.25, 0.3) is 0 Å². The van der Waals surface area contributed by atoms with E-state index >= 15 is 0 Å². The molecule has 3 heterocycles. The third-order valence-corrected chi connectivity index (χ3v) is 5.27. The lowest BCUT2D eigenvalue weighted by atomic mass is 10.0. The first-order valence-electron chi connectivity index (χ1n) is 9.21. The van der Waals surface area contributed by atoms with Crippen molar-refractivity contribution in [1.29, 1.82) is 0 Å². The van der Waals surface area contributed by atoms with E-state index in [2.05, 4.69) is 15.5 Å². The zero-order valence-electron chi connectivity index (χ0n) is 14.9. The van der Waals surface area contributed by atoms with Crippen molar-refractivity contribution >= 4 is 6.03 Å². The molecule has 1 aromatic carbocycles. The molecule has 2 amide bonds. The third kappa shape index (κ3) is 3.67. The number of benzene rings is 1. The van der Waals surface area contributed by atoms with Crippen LogP contribution in [0.5, 0.6) is 5.75 Å². The molecule has 0 saturated carbocycles. The van der Waals surface area contributed by atoms with Gasteiger partial charge in [-0.2, -0.15) is 5.10 Å². The number of nitrogens with one attached hydrogen (secondary N) is 2. The van der Waals surface area contributed by atoms with E-state index in [1.54, 1.807) is 15.5 Å². The molecule has 2 aliphatic heterocycles. The molecule has 144 valence electrons. The Bertz CT molecular complexity index is 872. The van der Waals surface area contributed by atoms with Crippen molar-refractivity contribution in [1.82, 2.24) is 25.0 Å². The number of fused-ring (bicyclic) bond motifs is 1. The van der Waals surface area contributed by atoms with Crippen LogP contribution in [0.2, 0.25) is 0 Å². The number of H-pyrrole nitrogens is 1. The second-order valence-electron chi connectivity index (χ2n) is 6.96. The average molecular weight is 375 g/mol. The van der Waals surface area contributed by atoms with Crippen LogP contribution in [-0.4, -0.2) is 45.4 Å². The molecule has 2 aromatic rings. The molecule has 4 rings (SSSR count). The number of amides is 2. The highest BCUT2D eigenvalue weighted by atomic mass is 19.1. The molecule has 27 heavy (non-hydrogen) atoms. The Morgan fingerprint density at radius 1 is 1.30 bits per heavy atom. The van der Waals surface area contributed by atoms with E-state index in [4.69, 9.17) is 4.74 Å². The fraction of sp³-hybridized carbons (Fsp3) is 0.500. The predicted octanol–water partition coefficient (Wildman–Crippen LogP) is 1.97. The largest absolute Gasteiger partial charge is 0.493 e. The van der Waals surface area contributed by atoms with E-state index < -0.39 is 0 Å². The van der Waals surface area contributed by atoms with E-state index in [-0.39, 0.29) is 29.6 Å². The number of carbonyl (C=O) groups is 1. The minimum Gasteiger partial charge on any atom is -0.493 e. The number of nitrogens with zero attached hydrogens (tertiary/aromatic N) is 3. The SMILES string of the molecule is O=C(NC1CCCOc2cc(F)ccc21)N1CCC(n2cn[nH]c2=O)CC1. The van der Waals surface area contributed by atoms with Crippen molar-refractivity contribution in [2.24, 2.45) is 0 Å². The number of carbonyl (C=O) groups excluding carboxylic acids is 1. The second-order valence-corrected chi connectivity index (χ2v) is 6.96. The zero-order valence-corrected chi connectivity index (χ0v) is 14.9. The van der Waals surface area contributed by atoms with Crippen LogP contribution < -0.4 is 15.7 Å². The summed E-state index contributed by atoms with van der Waals surface area (Å²) in [5.41, 5.74) is 0.585. The van der Waals surface area contributed by atoms with Crippen LogP contribution in [0.4, 0.5) is 9.18 Å². The van der Waals surface area contributed by atoms with Crippen LogP contribution in [0, 0.1) is 5.82 Å². The second kappa shape index (κ2) is 7.42. The van der Waals surface area contributed by atoms with Crippen LogP contribution in [-0.2, 0) is 0 Å². The van der Waals surface area contributed by atoms with Crippen molar-refractivity contribution in [2.45, 2.75) is 37.8 Å². The van der Waals surface area contributed by atoms with Gasteiger partial charge < -0.3 is 15.0 Å². The number of likely N-dealkylation sites (tertiary alicyclic amines) is 1. The van der Waals surface area contributed by atoms with Gasteiger partial charge >= 0.3 is 11.7 Å². The summed E-state index contributed by atoms with van der Waals surface area (Å²) in [6, 6.07) is 4.14. The molecule has 1 atom stereocenters. The molecule has 0 bridgehead atoms. The Morgan fingerprint density at radius 2 is 2.11 bits per heavy atom. The standard InChI is InChI=1S/C18H22FN5O3/c19-12-3-4-14-15(2-1-9-27-16(14)10-12)21-17(25)23-7-5-13(6-8-23)24-11-20-22-18(24)26/h3-4,10-11,13,15H,1-2,5-9H2,(H,21,25)(H,22,26). The number of hydrogen-bond donors (Lipinski definition) is 2. The van der Waals surface area contributed by atoms with Crippen molar-refractivity contribution in [3.8, 4) is 5.75 Å². The molecule has 1 unspecified atom stereocenters. The van der Waals surface area contributed by atoms with Gasteiger partial charge in [0.15, 0.2) is 0 Å². The Labute approximate surface area is 155 Å².